The zero-order valence-electron chi connectivity index (χ0n) is 20.4. The van der Waals surface area contributed by atoms with Crippen molar-refractivity contribution in [1.29, 1.82) is 0 Å². The Morgan fingerprint density at radius 1 is 0.842 bits per heavy atom. The van der Waals surface area contributed by atoms with Crippen molar-refractivity contribution in [1.82, 2.24) is 4.72 Å². The van der Waals surface area contributed by atoms with Gasteiger partial charge < -0.3 is 19.9 Å². The van der Waals surface area contributed by atoms with Gasteiger partial charge in [-0.15, -0.1) is 0 Å². The minimum atomic E-state index is -4.18. The van der Waals surface area contributed by atoms with E-state index in [1.54, 1.807) is 42.5 Å². The highest BCUT2D eigenvalue weighted by Gasteiger charge is 2.31. The number of para-hydroxylation sites is 1. The molecule has 0 unspecified atom stereocenters. The quantitative estimate of drug-likeness (QED) is 0.264. The van der Waals surface area contributed by atoms with Gasteiger partial charge in [0.15, 0.2) is 6.61 Å². The Hall–Kier alpha value is -4.25. The Labute approximate surface area is 220 Å². The molecule has 4 aromatic rings. The van der Waals surface area contributed by atoms with Gasteiger partial charge >= 0.3 is 5.97 Å². The van der Waals surface area contributed by atoms with Crippen LogP contribution in [0.4, 0.5) is 5.69 Å². The minimum absolute atomic E-state index is 0.0768. The molecule has 0 spiro atoms. The number of benzene rings is 4. The summed E-state index contributed by atoms with van der Waals surface area (Å²) in [5.74, 6) is -0.498. The lowest BCUT2D eigenvalue weighted by Gasteiger charge is -2.20. The molecular weight excluding hydrogens is 508 g/mol. The van der Waals surface area contributed by atoms with Crippen LogP contribution in [0.2, 0.25) is 0 Å². The zero-order valence-corrected chi connectivity index (χ0v) is 21.2. The van der Waals surface area contributed by atoms with Crippen LogP contribution < -0.4 is 14.8 Å². The lowest BCUT2D eigenvalue weighted by molar-refractivity contribution is -0.151. The molecule has 2 atom stereocenters. The monoisotopic (exact) mass is 534 g/mol. The van der Waals surface area contributed by atoms with E-state index in [-0.39, 0.29) is 4.90 Å². The van der Waals surface area contributed by atoms with Crippen LogP contribution in [-0.2, 0) is 24.3 Å². The first kappa shape index (κ1) is 26.8. The molecule has 0 fully saturated rings. The van der Waals surface area contributed by atoms with Crippen molar-refractivity contribution in [3.63, 3.8) is 0 Å². The Bertz CT molecular complexity index is 1520. The second-order valence-electron chi connectivity index (χ2n) is 8.44. The molecule has 9 nitrogen and oxygen atoms in total. The van der Waals surface area contributed by atoms with Gasteiger partial charge in [-0.05, 0) is 66.2 Å². The third-order valence-electron chi connectivity index (χ3n) is 5.51. The number of fused-ring (bicyclic) bond motifs is 1. The van der Waals surface area contributed by atoms with Crippen molar-refractivity contribution in [2.45, 2.75) is 24.0 Å². The number of ether oxygens (including phenoxy) is 2. The molecular formula is C28H26N2O7S. The lowest BCUT2D eigenvalue weighted by atomic mass is 10.1. The number of carbonyl (C=O) groups excluding carboxylic acids is 2. The lowest BCUT2D eigenvalue weighted by Crippen LogP contribution is -2.48. The zero-order chi connectivity index (χ0) is 27.1. The number of nitrogens with one attached hydrogen (secondary N) is 2. The highest BCUT2D eigenvalue weighted by molar-refractivity contribution is 7.89. The topological polar surface area (TPSA) is 131 Å². The minimum Gasteiger partial charge on any atom is -0.457 e. The van der Waals surface area contributed by atoms with Crippen LogP contribution in [0.25, 0.3) is 10.8 Å². The molecule has 1 amide bonds. The van der Waals surface area contributed by atoms with Gasteiger partial charge in [-0.3, -0.25) is 9.59 Å². The van der Waals surface area contributed by atoms with E-state index in [1.165, 1.54) is 19.1 Å². The van der Waals surface area contributed by atoms with Crippen LogP contribution in [0.15, 0.2) is 102 Å². The molecule has 0 aliphatic rings. The molecule has 0 aromatic heterocycles. The van der Waals surface area contributed by atoms with Crippen LogP contribution in [0.1, 0.15) is 6.92 Å². The maximum absolute atomic E-state index is 12.9. The fraction of sp³-hybridized carbons (Fsp3) is 0.143. The average Bonchev–Trinajstić information content (AvgIpc) is 2.91. The van der Waals surface area contributed by atoms with E-state index in [1.807, 2.05) is 42.5 Å². The Morgan fingerprint density at radius 2 is 1.47 bits per heavy atom. The Morgan fingerprint density at radius 3 is 2.16 bits per heavy atom. The predicted molar refractivity (Wildman–Crippen MR) is 142 cm³/mol. The molecule has 0 aliphatic heterocycles. The normalized spacial score (nSPS) is 12.9. The van der Waals surface area contributed by atoms with Crippen molar-refractivity contribution >= 4 is 38.4 Å². The number of aliphatic hydroxyl groups is 1. The van der Waals surface area contributed by atoms with Crippen molar-refractivity contribution < 1.29 is 32.6 Å². The van der Waals surface area contributed by atoms with Gasteiger partial charge in [0.1, 0.15) is 17.5 Å². The largest absolute Gasteiger partial charge is 0.457 e. The van der Waals surface area contributed by atoms with Gasteiger partial charge in [0.2, 0.25) is 10.0 Å². The number of amides is 1. The molecule has 0 aliphatic carbocycles. The molecule has 10 heteroatoms. The van der Waals surface area contributed by atoms with E-state index in [2.05, 4.69) is 10.0 Å². The SMILES string of the molecule is C[C@H](O)[C@@H](NS(=O)(=O)c1ccc2ccccc2c1)C(=O)OCC(=O)Nc1ccc(Oc2ccccc2)cc1. The summed E-state index contributed by atoms with van der Waals surface area (Å²) in [6, 6.07) is 25.9. The van der Waals surface area contributed by atoms with Crippen LogP contribution in [0.5, 0.6) is 11.5 Å². The molecule has 196 valence electrons. The molecule has 3 N–H and O–H groups in total. The van der Waals surface area contributed by atoms with Gasteiger partial charge in [0.25, 0.3) is 5.91 Å². The summed E-state index contributed by atoms with van der Waals surface area (Å²) < 4.78 is 38.7. The van der Waals surface area contributed by atoms with Crippen LogP contribution in [-0.4, -0.2) is 44.2 Å². The second-order valence-corrected chi connectivity index (χ2v) is 10.2. The van der Waals surface area contributed by atoms with E-state index in [0.29, 0.717) is 22.6 Å². The first-order valence-corrected chi connectivity index (χ1v) is 13.2. The number of hydrogen-bond donors (Lipinski definition) is 3. The first-order valence-electron chi connectivity index (χ1n) is 11.7. The van der Waals surface area contributed by atoms with E-state index in [0.717, 1.165) is 5.39 Å². The molecule has 0 saturated carbocycles. The molecule has 0 bridgehead atoms. The number of anilines is 1. The van der Waals surface area contributed by atoms with Crippen molar-refractivity contribution in [2.75, 3.05) is 11.9 Å². The van der Waals surface area contributed by atoms with Crippen molar-refractivity contribution in [3.05, 3.63) is 97.1 Å². The molecule has 0 radical (unpaired) electrons. The fourth-order valence-corrected chi connectivity index (χ4v) is 4.86. The van der Waals surface area contributed by atoms with Crippen LogP contribution >= 0.6 is 0 Å². The Balaban J connectivity index is 1.33. The summed E-state index contributed by atoms with van der Waals surface area (Å²) in [6.45, 7) is 0.565. The maximum atomic E-state index is 12.9. The molecule has 4 aromatic carbocycles. The maximum Gasteiger partial charge on any atom is 0.327 e. The van der Waals surface area contributed by atoms with Crippen LogP contribution in [0.3, 0.4) is 0 Å². The number of aliphatic hydroxyl groups excluding tert-OH is 1. The second kappa shape index (κ2) is 11.9. The predicted octanol–water partition coefficient (Wildman–Crippen LogP) is 3.84. The Kier molecular flexibility index (Phi) is 8.37. The highest BCUT2D eigenvalue weighted by Crippen LogP contribution is 2.23. The number of hydrogen-bond acceptors (Lipinski definition) is 7. The summed E-state index contributed by atoms with van der Waals surface area (Å²) in [5.41, 5.74) is 0.440. The van der Waals surface area contributed by atoms with Gasteiger partial charge in [-0.25, -0.2) is 8.42 Å². The van der Waals surface area contributed by atoms with Gasteiger partial charge in [0, 0.05) is 5.69 Å². The van der Waals surface area contributed by atoms with Crippen LogP contribution in [0, 0.1) is 0 Å². The summed E-state index contributed by atoms with van der Waals surface area (Å²) in [4.78, 5) is 24.8. The average molecular weight is 535 g/mol. The van der Waals surface area contributed by atoms with E-state index in [4.69, 9.17) is 9.47 Å². The molecule has 38 heavy (non-hydrogen) atoms. The van der Waals surface area contributed by atoms with Gasteiger partial charge in [-0.2, -0.15) is 4.72 Å². The van der Waals surface area contributed by atoms with E-state index in [9.17, 15) is 23.1 Å². The highest BCUT2D eigenvalue weighted by atomic mass is 32.2. The summed E-state index contributed by atoms with van der Waals surface area (Å²) in [7, 11) is -4.18. The summed E-state index contributed by atoms with van der Waals surface area (Å²) in [6.07, 6.45) is -1.42. The summed E-state index contributed by atoms with van der Waals surface area (Å²) >= 11 is 0. The third-order valence-corrected chi connectivity index (χ3v) is 6.95. The summed E-state index contributed by atoms with van der Waals surface area (Å²) in [5, 5.41) is 14.2. The standard InChI is InChI=1S/C28H26N2O7S/c1-19(31)27(30-38(34,35)25-16-11-20-7-5-6-8-21(20)17-25)28(33)36-18-26(32)29-22-12-14-24(15-13-22)37-23-9-3-2-4-10-23/h2-17,19,27,30-31H,18H2,1H3,(H,29,32)/t19-,27+/m0/s1. The number of carbonyl (C=O) groups is 2. The van der Waals surface area contributed by atoms with Crippen molar-refractivity contribution in [3.8, 4) is 11.5 Å². The fourth-order valence-electron chi connectivity index (χ4n) is 3.57. The molecule has 4 rings (SSSR count). The smallest absolute Gasteiger partial charge is 0.327 e. The number of rotatable bonds is 10. The molecule has 0 saturated heterocycles. The number of sulfonamides is 1. The van der Waals surface area contributed by atoms with Gasteiger partial charge in [0.05, 0.1) is 11.0 Å². The number of esters is 1. The van der Waals surface area contributed by atoms with Crippen molar-refractivity contribution in [2.24, 2.45) is 0 Å². The van der Waals surface area contributed by atoms with E-state index >= 15 is 0 Å². The molecule has 0 heterocycles. The van der Waals surface area contributed by atoms with E-state index < -0.39 is 40.7 Å². The first-order chi connectivity index (χ1) is 18.2. The van der Waals surface area contributed by atoms with Gasteiger partial charge in [-0.1, -0.05) is 48.5 Å². The third kappa shape index (κ3) is 6.94.